The van der Waals surface area contributed by atoms with E-state index in [1.165, 1.54) is 4.90 Å². The molecule has 2 nitrogen and oxygen atoms in total. The van der Waals surface area contributed by atoms with Gasteiger partial charge in [0.25, 0.3) is 0 Å². The summed E-state index contributed by atoms with van der Waals surface area (Å²) in [6, 6.07) is 7.75. The van der Waals surface area contributed by atoms with Gasteiger partial charge in [-0.3, -0.25) is 4.79 Å². The highest BCUT2D eigenvalue weighted by atomic mass is 79.9. The molecule has 0 fully saturated rings. The third-order valence-corrected chi connectivity index (χ3v) is 2.45. The summed E-state index contributed by atoms with van der Waals surface area (Å²) in [5.74, 6) is 0. The van der Waals surface area contributed by atoms with Gasteiger partial charge in [0.05, 0.1) is 0 Å². The van der Waals surface area contributed by atoms with E-state index in [2.05, 4.69) is 15.9 Å². The van der Waals surface area contributed by atoms with Crippen molar-refractivity contribution in [2.24, 2.45) is 0 Å². The van der Waals surface area contributed by atoms with Crippen molar-refractivity contribution in [1.82, 2.24) is 4.90 Å². The van der Waals surface area contributed by atoms with Crippen LogP contribution in [0.1, 0.15) is 5.56 Å². The van der Waals surface area contributed by atoms with Gasteiger partial charge in [0, 0.05) is 18.1 Å². The van der Waals surface area contributed by atoms with Crippen LogP contribution in [0.5, 0.6) is 0 Å². The van der Waals surface area contributed by atoms with Gasteiger partial charge in [-0.25, -0.2) is 0 Å². The molecular weight excluding hydrogens is 253 g/mol. The Hall–Kier alpha value is -0.540. The minimum absolute atomic E-state index is 0.442. The van der Waals surface area contributed by atoms with Crippen molar-refractivity contribution in [1.29, 1.82) is 0 Å². The van der Waals surface area contributed by atoms with E-state index in [-0.39, 0.29) is 0 Å². The fourth-order valence-corrected chi connectivity index (χ4v) is 1.25. The van der Waals surface area contributed by atoms with Gasteiger partial charge in [-0.2, -0.15) is 0 Å². The largest absolute Gasteiger partial charge is 0.328 e. The first-order valence-corrected chi connectivity index (χ1v) is 4.92. The van der Waals surface area contributed by atoms with Crippen molar-refractivity contribution in [3.05, 3.63) is 34.3 Å². The second kappa shape index (κ2) is 4.63. The number of hydrogen-bond acceptors (Lipinski definition) is 1. The van der Waals surface area contributed by atoms with Gasteiger partial charge in [0.15, 0.2) is 0 Å². The molecule has 1 aromatic carbocycles. The first-order valence-electron chi connectivity index (χ1n) is 3.74. The maximum Gasteiger partial charge on any atom is 0.316 e. The van der Waals surface area contributed by atoms with Gasteiger partial charge < -0.3 is 4.90 Å². The van der Waals surface area contributed by atoms with E-state index >= 15 is 0 Å². The molecule has 0 radical (unpaired) electrons. The number of nitrogens with zero attached hydrogens (tertiary/aromatic N) is 1. The Morgan fingerprint density at radius 2 is 2.00 bits per heavy atom. The normalized spacial score (nSPS) is 9.77. The topological polar surface area (TPSA) is 20.3 Å². The Labute approximate surface area is 90.6 Å². The van der Waals surface area contributed by atoms with Crippen molar-refractivity contribution < 1.29 is 4.79 Å². The molecule has 4 heteroatoms. The van der Waals surface area contributed by atoms with Gasteiger partial charge in [0.2, 0.25) is 0 Å². The number of carbonyl (C=O) groups is 1. The molecule has 1 aromatic rings. The maximum absolute atomic E-state index is 10.7. The van der Waals surface area contributed by atoms with Gasteiger partial charge in [-0.1, -0.05) is 28.1 Å². The summed E-state index contributed by atoms with van der Waals surface area (Å²) in [5.41, 5.74) is 1.06. The van der Waals surface area contributed by atoms with Crippen molar-refractivity contribution in [2.75, 3.05) is 7.05 Å². The molecule has 0 N–H and O–H groups in total. The Morgan fingerprint density at radius 3 is 2.46 bits per heavy atom. The second-order valence-electron chi connectivity index (χ2n) is 2.74. The molecule has 0 atom stereocenters. The highest BCUT2D eigenvalue weighted by Crippen LogP contribution is 2.12. The highest BCUT2D eigenvalue weighted by molar-refractivity contribution is 9.10. The van der Waals surface area contributed by atoms with Gasteiger partial charge in [-0.05, 0) is 29.3 Å². The van der Waals surface area contributed by atoms with Crippen molar-refractivity contribution >= 4 is 32.9 Å². The Morgan fingerprint density at radius 1 is 1.46 bits per heavy atom. The van der Waals surface area contributed by atoms with Crippen molar-refractivity contribution in [3.63, 3.8) is 0 Å². The zero-order valence-electron chi connectivity index (χ0n) is 7.13. The summed E-state index contributed by atoms with van der Waals surface area (Å²) >= 11 is 8.62. The fraction of sp³-hybridized carbons (Fsp3) is 0.222. The van der Waals surface area contributed by atoms with Crippen LogP contribution in [-0.2, 0) is 6.54 Å². The maximum atomic E-state index is 10.7. The first-order chi connectivity index (χ1) is 6.09. The smallest absolute Gasteiger partial charge is 0.316 e. The Balaban J connectivity index is 2.64. The number of amides is 1. The molecule has 13 heavy (non-hydrogen) atoms. The molecule has 70 valence electrons. The first kappa shape index (κ1) is 10.5. The van der Waals surface area contributed by atoms with E-state index < -0.39 is 5.37 Å². The molecule has 0 aliphatic carbocycles. The van der Waals surface area contributed by atoms with E-state index in [9.17, 15) is 4.79 Å². The SMILES string of the molecule is CN(Cc1ccc(Br)cc1)C(=O)Cl. The molecule has 0 saturated carbocycles. The quantitative estimate of drug-likeness (QED) is 0.592. The minimum Gasteiger partial charge on any atom is -0.328 e. The van der Waals surface area contributed by atoms with Crippen LogP contribution >= 0.6 is 27.5 Å². The average Bonchev–Trinajstić information content (AvgIpc) is 2.08. The summed E-state index contributed by atoms with van der Waals surface area (Å²) in [5, 5.41) is -0.442. The van der Waals surface area contributed by atoms with E-state index in [1.54, 1.807) is 7.05 Å². The molecular formula is C9H9BrClNO. The number of rotatable bonds is 2. The average molecular weight is 263 g/mol. The minimum atomic E-state index is -0.442. The van der Waals surface area contributed by atoms with Crippen LogP contribution in [0.2, 0.25) is 0 Å². The lowest BCUT2D eigenvalue weighted by Crippen LogP contribution is -2.19. The van der Waals surface area contributed by atoms with Gasteiger partial charge >= 0.3 is 5.37 Å². The van der Waals surface area contributed by atoms with Crippen LogP contribution in [0, 0.1) is 0 Å². The molecule has 0 aliphatic rings. The van der Waals surface area contributed by atoms with Crippen LogP contribution in [0.15, 0.2) is 28.7 Å². The second-order valence-corrected chi connectivity index (χ2v) is 3.97. The third kappa shape index (κ3) is 3.36. The summed E-state index contributed by atoms with van der Waals surface area (Å²) in [7, 11) is 1.66. The monoisotopic (exact) mass is 261 g/mol. The molecule has 0 unspecified atom stereocenters. The lowest BCUT2D eigenvalue weighted by molar-refractivity contribution is 0.230. The zero-order valence-corrected chi connectivity index (χ0v) is 9.47. The zero-order chi connectivity index (χ0) is 9.84. The summed E-state index contributed by atoms with van der Waals surface area (Å²) in [6.45, 7) is 0.537. The van der Waals surface area contributed by atoms with Crippen molar-refractivity contribution in [3.8, 4) is 0 Å². The van der Waals surface area contributed by atoms with E-state index in [1.807, 2.05) is 24.3 Å². The van der Waals surface area contributed by atoms with E-state index in [0.717, 1.165) is 10.0 Å². The lowest BCUT2D eigenvalue weighted by Gasteiger charge is -2.12. The van der Waals surface area contributed by atoms with Crippen molar-refractivity contribution in [2.45, 2.75) is 6.54 Å². The van der Waals surface area contributed by atoms with Gasteiger partial charge in [-0.15, -0.1) is 0 Å². The van der Waals surface area contributed by atoms with E-state index in [0.29, 0.717) is 6.54 Å². The summed E-state index contributed by atoms with van der Waals surface area (Å²) in [6.07, 6.45) is 0. The molecule has 0 aromatic heterocycles. The van der Waals surface area contributed by atoms with Crippen LogP contribution < -0.4 is 0 Å². The lowest BCUT2D eigenvalue weighted by atomic mass is 10.2. The van der Waals surface area contributed by atoms with Crippen LogP contribution in [0.3, 0.4) is 0 Å². The molecule has 1 amide bonds. The predicted molar refractivity (Wildman–Crippen MR) is 56.9 cm³/mol. The Bertz CT molecular complexity index is 299. The van der Waals surface area contributed by atoms with Crippen LogP contribution in [0.4, 0.5) is 4.79 Å². The molecule has 0 saturated heterocycles. The predicted octanol–water partition coefficient (Wildman–Crippen LogP) is 3.24. The highest BCUT2D eigenvalue weighted by Gasteiger charge is 2.04. The molecule has 0 bridgehead atoms. The number of carbonyl (C=O) groups excluding carboxylic acids is 1. The van der Waals surface area contributed by atoms with E-state index in [4.69, 9.17) is 11.6 Å². The Kier molecular flexibility index (Phi) is 3.75. The van der Waals surface area contributed by atoms with Crippen LogP contribution in [-0.4, -0.2) is 17.3 Å². The summed E-state index contributed by atoms with van der Waals surface area (Å²) < 4.78 is 1.02. The number of hydrogen-bond donors (Lipinski definition) is 0. The number of benzene rings is 1. The molecule has 0 spiro atoms. The standard InChI is InChI=1S/C9H9BrClNO/c1-12(9(11)13)6-7-2-4-8(10)5-3-7/h2-5H,6H2,1H3. The number of halogens is 2. The molecule has 0 heterocycles. The molecule has 0 aliphatic heterocycles. The molecule has 1 rings (SSSR count). The summed E-state index contributed by atoms with van der Waals surface area (Å²) in [4.78, 5) is 12.1. The van der Waals surface area contributed by atoms with Gasteiger partial charge in [0.1, 0.15) is 0 Å². The fourth-order valence-electron chi connectivity index (χ4n) is 0.926. The van der Waals surface area contributed by atoms with Crippen LogP contribution in [0.25, 0.3) is 0 Å². The third-order valence-electron chi connectivity index (χ3n) is 1.63.